The summed E-state index contributed by atoms with van der Waals surface area (Å²) >= 11 is 0. The monoisotopic (exact) mass is 150 g/mol. The van der Waals surface area contributed by atoms with Crippen molar-refractivity contribution in [1.29, 1.82) is 0 Å². The van der Waals surface area contributed by atoms with Crippen LogP contribution in [-0.4, -0.2) is 0 Å². The van der Waals surface area contributed by atoms with Crippen LogP contribution in [0.3, 0.4) is 0 Å². The Balaban J connectivity index is 0.000000490. The Bertz CT molecular complexity index is 134. The third-order valence-corrected chi connectivity index (χ3v) is 0.843. The average molecular weight is 150 g/mol. The molecule has 1 aromatic carbocycles. The summed E-state index contributed by atoms with van der Waals surface area (Å²) in [5.41, 5.74) is 1.07. The molecule has 0 saturated carbocycles. The molecule has 0 N–H and O–H groups in total. The molecule has 1 rings (SSSR count). The summed E-state index contributed by atoms with van der Waals surface area (Å²) in [7, 11) is 0. The zero-order chi connectivity index (χ0) is 5.11. The van der Waals surface area contributed by atoms with Crippen molar-refractivity contribution >= 4 is 0 Å². The molecule has 0 fully saturated rings. The van der Waals surface area contributed by atoms with E-state index in [-0.39, 0.29) is 16.8 Å². The molecular weight excluding hydrogens is 143 g/mol. The first-order chi connectivity index (χ1) is 3.39. The summed E-state index contributed by atoms with van der Waals surface area (Å²) in [5.74, 6) is 0. The van der Waals surface area contributed by atoms with Gasteiger partial charge in [0.15, 0.2) is 0 Å². The van der Waals surface area contributed by atoms with E-state index in [0.29, 0.717) is 0 Å². The Kier molecular flexibility index (Phi) is 3.40. The van der Waals surface area contributed by atoms with Gasteiger partial charge in [-0.1, -0.05) is 6.07 Å². The Labute approximate surface area is 60.1 Å². The van der Waals surface area contributed by atoms with Crippen LogP contribution in [0.1, 0.15) is 5.56 Å². The van der Waals surface area contributed by atoms with Crippen molar-refractivity contribution in [2.45, 2.75) is 0 Å². The van der Waals surface area contributed by atoms with Crippen LogP contribution in [0.15, 0.2) is 30.3 Å². The SMILES string of the molecule is [CH2-]c1ccccc1.[Co]. The van der Waals surface area contributed by atoms with Gasteiger partial charge in [0.1, 0.15) is 0 Å². The van der Waals surface area contributed by atoms with Crippen molar-refractivity contribution in [1.82, 2.24) is 0 Å². The fourth-order valence-electron chi connectivity index (χ4n) is 0.478. The first-order valence-corrected chi connectivity index (χ1v) is 2.26. The molecule has 45 valence electrons. The van der Waals surface area contributed by atoms with Crippen LogP contribution in [0.4, 0.5) is 0 Å². The van der Waals surface area contributed by atoms with Crippen molar-refractivity contribution in [3.8, 4) is 0 Å². The standard InChI is InChI=1S/C7H7.Co/c1-7-5-3-2-4-6-7;/h2-6H,1H2;/q-1;. The normalized spacial score (nSPS) is 7.50. The molecule has 0 heterocycles. The van der Waals surface area contributed by atoms with Gasteiger partial charge in [-0.2, -0.15) is 24.6 Å². The second-order valence-electron chi connectivity index (χ2n) is 1.49. The predicted octanol–water partition coefficient (Wildman–Crippen LogP) is 1.87. The molecule has 0 aromatic heterocycles. The summed E-state index contributed by atoms with van der Waals surface area (Å²) in [4.78, 5) is 0. The molecular formula is C7H7Co-. The zero-order valence-corrected chi connectivity index (χ0v) is 5.47. The van der Waals surface area contributed by atoms with E-state index in [0.717, 1.165) is 5.56 Å². The molecule has 0 saturated heterocycles. The molecule has 0 nitrogen and oxygen atoms in total. The van der Waals surface area contributed by atoms with Crippen LogP contribution in [-0.2, 0) is 16.8 Å². The fourth-order valence-corrected chi connectivity index (χ4v) is 0.478. The van der Waals surface area contributed by atoms with Crippen molar-refractivity contribution in [3.63, 3.8) is 0 Å². The molecule has 1 aromatic rings. The van der Waals surface area contributed by atoms with Gasteiger partial charge in [-0.3, -0.25) is 0 Å². The maximum atomic E-state index is 3.72. The molecule has 0 bridgehead atoms. The average Bonchev–Trinajstić information content (AvgIpc) is 1.69. The number of hydrogen-bond acceptors (Lipinski definition) is 0. The van der Waals surface area contributed by atoms with Crippen LogP contribution in [0, 0.1) is 6.92 Å². The number of rotatable bonds is 0. The second-order valence-corrected chi connectivity index (χ2v) is 1.49. The van der Waals surface area contributed by atoms with Crippen molar-refractivity contribution in [2.75, 3.05) is 0 Å². The third kappa shape index (κ3) is 2.05. The van der Waals surface area contributed by atoms with Gasteiger partial charge < -0.3 is 0 Å². The van der Waals surface area contributed by atoms with E-state index >= 15 is 0 Å². The zero-order valence-electron chi connectivity index (χ0n) is 4.43. The molecule has 0 unspecified atom stereocenters. The summed E-state index contributed by atoms with van der Waals surface area (Å²) in [5, 5.41) is 0. The maximum Gasteiger partial charge on any atom is 0 e. The predicted molar refractivity (Wildman–Crippen MR) is 30.9 cm³/mol. The van der Waals surface area contributed by atoms with Crippen LogP contribution >= 0.6 is 0 Å². The van der Waals surface area contributed by atoms with Gasteiger partial charge in [-0.05, 0) is 0 Å². The molecule has 0 atom stereocenters. The van der Waals surface area contributed by atoms with E-state index in [1.54, 1.807) is 0 Å². The molecule has 0 aliphatic carbocycles. The Hall–Kier alpha value is -0.404. The smallest absolute Gasteiger partial charge is 0 e. The maximum absolute atomic E-state index is 3.72. The second kappa shape index (κ2) is 3.58. The van der Waals surface area contributed by atoms with E-state index in [9.17, 15) is 0 Å². The summed E-state index contributed by atoms with van der Waals surface area (Å²) in [6, 6.07) is 9.87. The van der Waals surface area contributed by atoms with Gasteiger partial charge in [0.25, 0.3) is 0 Å². The molecule has 1 heteroatoms. The minimum absolute atomic E-state index is 0. The number of hydrogen-bond donors (Lipinski definition) is 0. The summed E-state index contributed by atoms with van der Waals surface area (Å²) < 4.78 is 0. The van der Waals surface area contributed by atoms with E-state index in [1.165, 1.54) is 0 Å². The first kappa shape index (κ1) is 7.60. The van der Waals surface area contributed by atoms with Gasteiger partial charge >= 0.3 is 0 Å². The largest absolute Gasteiger partial charge is 0.199 e. The molecule has 0 aliphatic rings. The molecule has 0 amide bonds. The minimum atomic E-state index is 0. The van der Waals surface area contributed by atoms with E-state index in [1.807, 2.05) is 30.3 Å². The van der Waals surface area contributed by atoms with Gasteiger partial charge in [0, 0.05) is 16.8 Å². The van der Waals surface area contributed by atoms with Crippen LogP contribution < -0.4 is 0 Å². The van der Waals surface area contributed by atoms with Gasteiger partial charge in [-0.25, -0.2) is 0 Å². The van der Waals surface area contributed by atoms with Gasteiger partial charge in [0.05, 0.1) is 0 Å². The van der Waals surface area contributed by atoms with E-state index < -0.39 is 0 Å². The van der Waals surface area contributed by atoms with Gasteiger partial charge in [0.2, 0.25) is 0 Å². The van der Waals surface area contributed by atoms with Crippen molar-refractivity contribution < 1.29 is 16.8 Å². The van der Waals surface area contributed by atoms with E-state index in [2.05, 4.69) is 6.92 Å². The quantitative estimate of drug-likeness (QED) is 0.495. The Morgan fingerprint density at radius 2 is 1.50 bits per heavy atom. The summed E-state index contributed by atoms with van der Waals surface area (Å²) in [6.45, 7) is 3.72. The van der Waals surface area contributed by atoms with E-state index in [4.69, 9.17) is 0 Å². The first-order valence-electron chi connectivity index (χ1n) is 2.26. The topological polar surface area (TPSA) is 0 Å². The molecule has 0 spiro atoms. The van der Waals surface area contributed by atoms with Crippen LogP contribution in [0.2, 0.25) is 0 Å². The Morgan fingerprint density at radius 3 is 1.75 bits per heavy atom. The molecule has 1 radical (unpaired) electrons. The molecule has 0 aliphatic heterocycles. The van der Waals surface area contributed by atoms with Crippen molar-refractivity contribution in [2.24, 2.45) is 0 Å². The van der Waals surface area contributed by atoms with Crippen LogP contribution in [0.25, 0.3) is 0 Å². The third-order valence-electron chi connectivity index (χ3n) is 0.843. The fraction of sp³-hybridized carbons (Fsp3) is 0. The van der Waals surface area contributed by atoms with Crippen molar-refractivity contribution in [3.05, 3.63) is 42.8 Å². The summed E-state index contributed by atoms with van der Waals surface area (Å²) in [6.07, 6.45) is 0. The molecule has 8 heavy (non-hydrogen) atoms. The minimum Gasteiger partial charge on any atom is -0.199 e. The van der Waals surface area contributed by atoms with Crippen LogP contribution in [0.5, 0.6) is 0 Å². The van der Waals surface area contributed by atoms with Gasteiger partial charge in [-0.15, -0.1) is 12.1 Å². The number of benzene rings is 1. The Morgan fingerprint density at radius 1 is 1.00 bits per heavy atom.